The summed E-state index contributed by atoms with van der Waals surface area (Å²) in [6, 6.07) is 19.7. The van der Waals surface area contributed by atoms with Crippen LogP contribution >= 0.6 is 0 Å². The topological polar surface area (TPSA) is 26.3 Å². The lowest BCUT2D eigenvalue weighted by molar-refractivity contribution is -0.183. The quantitative estimate of drug-likeness (QED) is 0.752. The number of esters is 1. The highest BCUT2D eigenvalue weighted by atomic mass is 16.6. The van der Waals surface area contributed by atoms with E-state index in [0.29, 0.717) is 0 Å². The lowest BCUT2D eigenvalue weighted by atomic mass is 9.67. The SMILES string of the molecule is CC1OC(=O)C1(c1ccccc1)c1ccccc1. The van der Waals surface area contributed by atoms with E-state index in [2.05, 4.69) is 0 Å². The first kappa shape index (κ1) is 11.0. The molecule has 1 heterocycles. The number of ether oxygens (including phenoxy) is 1. The Balaban J connectivity index is 2.21. The predicted molar refractivity (Wildman–Crippen MR) is 69.2 cm³/mol. The molecule has 0 aliphatic carbocycles. The molecule has 1 fully saturated rings. The van der Waals surface area contributed by atoms with Crippen LogP contribution in [0.4, 0.5) is 0 Å². The van der Waals surface area contributed by atoms with Crippen LogP contribution in [-0.2, 0) is 14.9 Å². The Labute approximate surface area is 106 Å². The van der Waals surface area contributed by atoms with Crippen molar-refractivity contribution in [1.29, 1.82) is 0 Å². The smallest absolute Gasteiger partial charge is 0.325 e. The highest BCUT2D eigenvalue weighted by Gasteiger charge is 2.58. The summed E-state index contributed by atoms with van der Waals surface area (Å²) in [6.07, 6.45) is -0.130. The number of benzene rings is 2. The van der Waals surface area contributed by atoms with E-state index in [4.69, 9.17) is 4.74 Å². The normalized spacial score (nSPS) is 20.9. The Morgan fingerprint density at radius 2 is 1.33 bits per heavy atom. The zero-order valence-corrected chi connectivity index (χ0v) is 10.2. The number of hydrogen-bond acceptors (Lipinski definition) is 2. The van der Waals surface area contributed by atoms with Gasteiger partial charge in [0.05, 0.1) is 0 Å². The Bertz CT molecular complexity index is 521. The van der Waals surface area contributed by atoms with E-state index in [1.54, 1.807) is 0 Å². The summed E-state index contributed by atoms with van der Waals surface area (Å²) in [5.74, 6) is -0.160. The molecule has 1 aliphatic heterocycles. The lowest BCUT2D eigenvalue weighted by Crippen LogP contribution is -2.59. The first-order valence-electron chi connectivity index (χ1n) is 6.08. The minimum absolute atomic E-state index is 0.130. The second kappa shape index (κ2) is 3.98. The molecule has 2 aromatic rings. The van der Waals surface area contributed by atoms with Crippen LogP contribution in [0.5, 0.6) is 0 Å². The molecule has 1 aliphatic rings. The monoisotopic (exact) mass is 238 g/mol. The van der Waals surface area contributed by atoms with Crippen molar-refractivity contribution < 1.29 is 9.53 Å². The summed E-state index contributed by atoms with van der Waals surface area (Å²) in [7, 11) is 0. The summed E-state index contributed by atoms with van der Waals surface area (Å²) in [6.45, 7) is 1.95. The Kier molecular flexibility index (Phi) is 2.44. The molecule has 0 radical (unpaired) electrons. The van der Waals surface area contributed by atoms with Gasteiger partial charge in [-0.25, -0.2) is 0 Å². The molecular formula is C16H14O2. The van der Waals surface area contributed by atoms with Gasteiger partial charge in [-0.3, -0.25) is 4.79 Å². The maximum absolute atomic E-state index is 12.1. The van der Waals surface area contributed by atoms with Crippen LogP contribution in [0.25, 0.3) is 0 Å². The highest BCUT2D eigenvalue weighted by molar-refractivity contribution is 5.93. The Morgan fingerprint density at radius 1 is 0.889 bits per heavy atom. The van der Waals surface area contributed by atoms with Crippen molar-refractivity contribution >= 4 is 5.97 Å². The second-order valence-electron chi connectivity index (χ2n) is 4.59. The van der Waals surface area contributed by atoms with Gasteiger partial charge < -0.3 is 4.74 Å². The van der Waals surface area contributed by atoms with Crippen molar-refractivity contribution in [2.24, 2.45) is 0 Å². The van der Waals surface area contributed by atoms with Gasteiger partial charge in [-0.05, 0) is 18.1 Å². The molecule has 0 bridgehead atoms. The third-order valence-corrected chi connectivity index (χ3v) is 3.67. The van der Waals surface area contributed by atoms with Gasteiger partial charge in [0.25, 0.3) is 0 Å². The first-order chi connectivity index (χ1) is 8.76. The van der Waals surface area contributed by atoms with Gasteiger partial charge >= 0.3 is 5.97 Å². The largest absolute Gasteiger partial charge is 0.460 e. The Morgan fingerprint density at radius 3 is 1.67 bits per heavy atom. The average Bonchev–Trinajstić information content (AvgIpc) is 2.41. The molecule has 18 heavy (non-hydrogen) atoms. The van der Waals surface area contributed by atoms with Crippen LogP contribution in [0.2, 0.25) is 0 Å². The minimum Gasteiger partial charge on any atom is -0.460 e. The molecule has 0 spiro atoms. The number of carbonyl (C=O) groups is 1. The third-order valence-electron chi connectivity index (χ3n) is 3.67. The van der Waals surface area contributed by atoms with E-state index >= 15 is 0 Å². The van der Waals surface area contributed by atoms with Gasteiger partial charge in [0, 0.05) is 0 Å². The molecule has 0 amide bonds. The van der Waals surface area contributed by atoms with Gasteiger partial charge in [-0.1, -0.05) is 60.7 Å². The van der Waals surface area contributed by atoms with E-state index in [9.17, 15) is 4.79 Å². The third kappa shape index (κ3) is 1.32. The fourth-order valence-corrected chi connectivity index (χ4v) is 2.72. The maximum atomic E-state index is 12.1. The van der Waals surface area contributed by atoms with Gasteiger partial charge in [-0.2, -0.15) is 0 Å². The van der Waals surface area contributed by atoms with Crippen molar-refractivity contribution in [3.05, 3.63) is 71.8 Å². The van der Waals surface area contributed by atoms with Crippen LogP contribution in [0, 0.1) is 0 Å². The fraction of sp³-hybridized carbons (Fsp3) is 0.188. The fourth-order valence-electron chi connectivity index (χ4n) is 2.72. The van der Waals surface area contributed by atoms with Crippen molar-refractivity contribution in [3.63, 3.8) is 0 Å². The maximum Gasteiger partial charge on any atom is 0.325 e. The van der Waals surface area contributed by atoms with Crippen LogP contribution in [0.3, 0.4) is 0 Å². The van der Waals surface area contributed by atoms with Crippen LogP contribution in [-0.4, -0.2) is 12.1 Å². The molecule has 1 saturated heterocycles. The van der Waals surface area contributed by atoms with Gasteiger partial charge in [-0.15, -0.1) is 0 Å². The van der Waals surface area contributed by atoms with Crippen molar-refractivity contribution in [2.75, 3.05) is 0 Å². The molecule has 2 heteroatoms. The van der Waals surface area contributed by atoms with E-state index in [-0.39, 0.29) is 12.1 Å². The van der Waals surface area contributed by atoms with Crippen LogP contribution in [0.15, 0.2) is 60.7 Å². The van der Waals surface area contributed by atoms with Crippen molar-refractivity contribution in [1.82, 2.24) is 0 Å². The number of carbonyl (C=O) groups excluding carboxylic acids is 1. The number of hydrogen-bond donors (Lipinski definition) is 0. The highest BCUT2D eigenvalue weighted by Crippen LogP contribution is 2.45. The van der Waals surface area contributed by atoms with Gasteiger partial charge in [0.15, 0.2) is 5.41 Å². The standard InChI is InChI=1S/C16H14O2/c1-12-16(15(17)18-12,13-8-4-2-5-9-13)14-10-6-3-7-11-14/h2-12H,1H3. The van der Waals surface area contributed by atoms with E-state index < -0.39 is 5.41 Å². The zero-order valence-electron chi connectivity index (χ0n) is 10.2. The van der Waals surface area contributed by atoms with Gasteiger partial charge in [0.1, 0.15) is 6.10 Å². The molecule has 0 saturated carbocycles. The molecular weight excluding hydrogens is 224 g/mol. The summed E-state index contributed by atoms with van der Waals surface area (Å²) in [4.78, 5) is 12.1. The molecule has 3 rings (SSSR count). The summed E-state index contributed by atoms with van der Waals surface area (Å²) in [5.41, 5.74) is 1.36. The van der Waals surface area contributed by atoms with E-state index in [1.165, 1.54) is 0 Å². The first-order valence-corrected chi connectivity index (χ1v) is 6.08. The molecule has 0 aromatic heterocycles. The summed E-state index contributed by atoms with van der Waals surface area (Å²) in [5, 5.41) is 0. The minimum atomic E-state index is -0.636. The van der Waals surface area contributed by atoms with Crippen molar-refractivity contribution in [3.8, 4) is 0 Å². The Hall–Kier alpha value is -2.09. The molecule has 1 unspecified atom stereocenters. The zero-order chi connectivity index (χ0) is 12.6. The van der Waals surface area contributed by atoms with Gasteiger partial charge in [0.2, 0.25) is 0 Å². The predicted octanol–water partition coefficient (Wildman–Crippen LogP) is 2.92. The average molecular weight is 238 g/mol. The lowest BCUT2D eigenvalue weighted by Gasteiger charge is -2.46. The molecule has 1 atom stereocenters. The van der Waals surface area contributed by atoms with Crippen LogP contribution < -0.4 is 0 Å². The number of rotatable bonds is 2. The molecule has 2 nitrogen and oxygen atoms in total. The number of cyclic esters (lactones) is 1. The molecule has 2 aromatic carbocycles. The second-order valence-corrected chi connectivity index (χ2v) is 4.59. The molecule has 0 N–H and O–H groups in total. The molecule has 90 valence electrons. The van der Waals surface area contributed by atoms with E-state index in [0.717, 1.165) is 11.1 Å². The summed E-state index contributed by atoms with van der Waals surface area (Å²) >= 11 is 0. The van der Waals surface area contributed by atoms with E-state index in [1.807, 2.05) is 67.6 Å². The summed E-state index contributed by atoms with van der Waals surface area (Å²) < 4.78 is 5.22. The van der Waals surface area contributed by atoms with Crippen molar-refractivity contribution in [2.45, 2.75) is 18.4 Å². The van der Waals surface area contributed by atoms with Crippen LogP contribution in [0.1, 0.15) is 18.1 Å².